The molecule has 1 amide bonds. The lowest BCUT2D eigenvalue weighted by Gasteiger charge is -2.05. The van der Waals surface area contributed by atoms with E-state index < -0.39 is 5.97 Å². The summed E-state index contributed by atoms with van der Waals surface area (Å²) in [6.07, 6.45) is 3.58. The van der Waals surface area contributed by atoms with E-state index >= 15 is 0 Å². The number of carboxylic acid groups (broad SMARTS) is 1. The van der Waals surface area contributed by atoms with E-state index in [2.05, 4.69) is 5.32 Å². The van der Waals surface area contributed by atoms with Gasteiger partial charge >= 0.3 is 5.97 Å². The molecule has 104 valence electrons. The highest BCUT2D eigenvalue weighted by molar-refractivity contribution is 5.94. The lowest BCUT2D eigenvalue weighted by molar-refractivity contribution is -0.137. The SMILES string of the molecule is Nc1ccc(C(=O)NCCCCCCC(=O)O)cc1. The van der Waals surface area contributed by atoms with Crippen molar-refractivity contribution in [2.24, 2.45) is 0 Å². The van der Waals surface area contributed by atoms with Gasteiger partial charge in [-0.25, -0.2) is 0 Å². The number of unbranched alkanes of at least 4 members (excludes halogenated alkanes) is 3. The first kappa shape index (κ1) is 15.0. The molecule has 0 aromatic heterocycles. The van der Waals surface area contributed by atoms with E-state index in [0.29, 0.717) is 24.2 Å². The van der Waals surface area contributed by atoms with Gasteiger partial charge in [0.15, 0.2) is 0 Å². The van der Waals surface area contributed by atoms with Gasteiger partial charge < -0.3 is 16.2 Å². The number of nitrogens with two attached hydrogens (primary N) is 1. The Balaban J connectivity index is 2.11. The second-order valence-electron chi connectivity index (χ2n) is 4.44. The van der Waals surface area contributed by atoms with Gasteiger partial charge in [-0.2, -0.15) is 0 Å². The Morgan fingerprint density at radius 3 is 2.32 bits per heavy atom. The number of hydrogen-bond acceptors (Lipinski definition) is 3. The Morgan fingerprint density at radius 1 is 1.05 bits per heavy atom. The number of nitrogens with one attached hydrogen (secondary N) is 1. The van der Waals surface area contributed by atoms with E-state index in [0.717, 1.165) is 19.3 Å². The number of rotatable bonds is 8. The molecule has 1 aromatic rings. The van der Waals surface area contributed by atoms with Crippen molar-refractivity contribution >= 4 is 17.6 Å². The molecule has 5 nitrogen and oxygen atoms in total. The van der Waals surface area contributed by atoms with E-state index in [4.69, 9.17) is 10.8 Å². The minimum atomic E-state index is -0.753. The highest BCUT2D eigenvalue weighted by Crippen LogP contribution is 2.06. The Hall–Kier alpha value is -2.04. The van der Waals surface area contributed by atoms with Gasteiger partial charge in [-0.05, 0) is 37.1 Å². The summed E-state index contributed by atoms with van der Waals surface area (Å²) in [5, 5.41) is 11.3. The van der Waals surface area contributed by atoms with Gasteiger partial charge in [0.05, 0.1) is 0 Å². The van der Waals surface area contributed by atoms with Gasteiger partial charge in [-0.3, -0.25) is 9.59 Å². The zero-order valence-corrected chi connectivity index (χ0v) is 10.9. The van der Waals surface area contributed by atoms with Crippen molar-refractivity contribution in [3.8, 4) is 0 Å². The second kappa shape index (κ2) is 8.13. The van der Waals surface area contributed by atoms with Crippen LogP contribution in [0.5, 0.6) is 0 Å². The topological polar surface area (TPSA) is 92.4 Å². The molecule has 1 rings (SSSR count). The number of benzene rings is 1. The maximum absolute atomic E-state index is 11.7. The fourth-order valence-corrected chi connectivity index (χ4v) is 1.69. The summed E-state index contributed by atoms with van der Waals surface area (Å²) in [5.41, 5.74) is 6.77. The minimum absolute atomic E-state index is 0.106. The Labute approximate surface area is 112 Å². The van der Waals surface area contributed by atoms with Crippen molar-refractivity contribution in [3.05, 3.63) is 29.8 Å². The molecule has 0 unspecified atom stereocenters. The summed E-state index contributed by atoms with van der Waals surface area (Å²) in [5.74, 6) is -0.859. The average Bonchev–Trinajstić information content (AvgIpc) is 2.38. The number of amides is 1. The second-order valence-corrected chi connectivity index (χ2v) is 4.44. The van der Waals surface area contributed by atoms with Gasteiger partial charge in [0.1, 0.15) is 0 Å². The van der Waals surface area contributed by atoms with Crippen LogP contribution < -0.4 is 11.1 Å². The third kappa shape index (κ3) is 6.45. The van der Waals surface area contributed by atoms with Gasteiger partial charge in [0.25, 0.3) is 5.91 Å². The van der Waals surface area contributed by atoms with Gasteiger partial charge in [-0.1, -0.05) is 12.8 Å². The van der Waals surface area contributed by atoms with Crippen LogP contribution in [-0.4, -0.2) is 23.5 Å². The van der Waals surface area contributed by atoms with Crippen molar-refractivity contribution in [1.29, 1.82) is 0 Å². The van der Waals surface area contributed by atoms with Crippen molar-refractivity contribution < 1.29 is 14.7 Å². The van der Waals surface area contributed by atoms with Crippen LogP contribution >= 0.6 is 0 Å². The number of carbonyl (C=O) groups is 2. The van der Waals surface area contributed by atoms with Crippen LogP contribution in [0.25, 0.3) is 0 Å². The molecule has 0 aliphatic rings. The van der Waals surface area contributed by atoms with Crippen LogP contribution in [0.3, 0.4) is 0 Å². The predicted octanol–water partition coefficient (Wildman–Crippen LogP) is 2.03. The summed E-state index contributed by atoms with van der Waals surface area (Å²) < 4.78 is 0. The van der Waals surface area contributed by atoms with Crippen LogP contribution in [0.1, 0.15) is 42.5 Å². The minimum Gasteiger partial charge on any atom is -0.481 e. The number of anilines is 1. The number of carboxylic acids is 1. The highest BCUT2D eigenvalue weighted by Gasteiger charge is 2.03. The number of carbonyl (C=O) groups excluding carboxylic acids is 1. The normalized spacial score (nSPS) is 10.1. The lowest BCUT2D eigenvalue weighted by Crippen LogP contribution is -2.24. The molecule has 0 aliphatic carbocycles. The standard InChI is InChI=1S/C14H20N2O3/c15-12-8-6-11(7-9-12)14(19)16-10-4-2-1-3-5-13(17)18/h6-9H,1-5,10,15H2,(H,16,19)(H,17,18). The lowest BCUT2D eigenvalue weighted by atomic mass is 10.1. The van der Waals surface area contributed by atoms with Gasteiger partial charge in [-0.15, -0.1) is 0 Å². The third-order valence-corrected chi connectivity index (χ3v) is 2.78. The predicted molar refractivity (Wildman–Crippen MR) is 73.9 cm³/mol. The molecule has 5 heteroatoms. The fourth-order valence-electron chi connectivity index (χ4n) is 1.69. The first-order valence-electron chi connectivity index (χ1n) is 6.45. The van der Waals surface area contributed by atoms with E-state index in [1.807, 2.05) is 0 Å². The fraction of sp³-hybridized carbons (Fsp3) is 0.429. The number of nitrogen functional groups attached to an aromatic ring is 1. The summed E-state index contributed by atoms with van der Waals surface area (Å²) >= 11 is 0. The molecule has 0 saturated heterocycles. The molecule has 0 aliphatic heterocycles. The highest BCUT2D eigenvalue weighted by atomic mass is 16.4. The average molecular weight is 264 g/mol. The number of hydrogen-bond donors (Lipinski definition) is 3. The van der Waals surface area contributed by atoms with Crippen molar-refractivity contribution in [2.45, 2.75) is 32.1 Å². The molecule has 19 heavy (non-hydrogen) atoms. The first-order valence-corrected chi connectivity index (χ1v) is 6.45. The van der Waals surface area contributed by atoms with Crippen LogP contribution in [0.4, 0.5) is 5.69 Å². The maximum Gasteiger partial charge on any atom is 0.303 e. The molecule has 0 radical (unpaired) electrons. The maximum atomic E-state index is 11.7. The summed E-state index contributed by atoms with van der Waals surface area (Å²) in [4.78, 5) is 22.0. The monoisotopic (exact) mass is 264 g/mol. The molecule has 1 aromatic carbocycles. The van der Waals surface area contributed by atoms with E-state index in [9.17, 15) is 9.59 Å². The zero-order chi connectivity index (χ0) is 14.1. The summed E-state index contributed by atoms with van der Waals surface area (Å²) in [7, 11) is 0. The Kier molecular flexibility index (Phi) is 6.43. The summed E-state index contributed by atoms with van der Waals surface area (Å²) in [6, 6.07) is 6.77. The molecule has 0 spiro atoms. The number of aliphatic carboxylic acids is 1. The molecule has 0 atom stereocenters. The van der Waals surface area contributed by atoms with Gasteiger partial charge in [0.2, 0.25) is 0 Å². The van der Waals surface area contributed by atoms with E-state index in [1.165, 1.54) is 0 Å². The Bertz CT molecular complexity index is 415. The van der Waals surface area contributed by atoms with Crippen molar-refractivity contribution in [2.75, 3.05) is 12.3 Å². The van der Waals surface area contributed by atoms with Crippen LogP contribution in [0.2, 0.25) is 0 Å². The molecule has 0 heterocycles. The van der Waals surface area contributed by atoms with Crippen LogP contribution in [-0.2, 0) is 4.79 Å². The van der Waals surface area contributed by atoms with E-state index in [1.54, 1.807) is 24.3 Å². The first-order chi connectivity index (χ1) is 9.09. The Morgan fingerprint density at radius 2 is 1.68 bits per heavy atom. The summed E-state index contributed by atoms with van der Waals surface area (Å²) in [6.45, 7) is 0.607. The third-order valence-electron chi connectivity index (χ3n) is 2.78. The molecule has 0 saturated carbocycles. The quantitative estimate of drug-likeness (QED) is 0.495. The van der Waals surface area contributed by atoms with Crippen LogP contribution in [0.15, 0.2) is 24.3 Å². The zero-order valence-electron chi connectivity index (χ0n) is 10.9. The molecule has 0 fully saturated rings. The molecular formula is C14H20N2O3. The molecule has 4 N–H and O–H groups in total. The molecule has 0 bridgehead atoms. The van der Waals surface area contributed by atoms with Crippen molar-refractivity contribution in [3.63, 3.8) is 0 Å². The van der Waals surface area contributed by atoms with Crippen molar-refractivity contribution in [1.82, 2.24) is 5.32 Å². The van der Waals surface area contributed by atoms with Crippen LogP contribution in [0, 0.1) is 0 Å². The molecular weight excluding hydrogens is 244 g/mol. The largest absolute Gasteiger partial charge is 0.481 e. The smallest absolute Gasteiger partial charge is 0.303 e. The van der Waals surface area contributed by atoms with Gasteiger partial charge in [0, 0.05) is 24.2 Å². The van der Waals surface area contributed by atoms with E-state index in [-0.39, 0.29) is 12.3 Å².